The minimum absolute atomic E-state index is 0.0340. The third kappa shape index (κ3) is 1.94. The molecule has 2 aromatic heterocycles. The Hall–Kier alpha value is -1.40. The lowest BCUT2D eigenvalue weighted by molar-refractivity contribution is -0.123. The summed E-state index contributed by atoms with van der Waals surface area (Å²) in [5.74, 6) is -0.115. The van der Waals surface area contributed by atoms with Gasteiger partial charge in [-0.05, 0) is 17.5 Å². The van der Waals surface area contributed by atoms with Gasteiger partial charge in [0.15, 0.2) is 0 Å². The van der Waals surface area contributed by atoms with Crippen molar-refractivity contribution in [1.29, 1.82) is 0 Å². The van der Waals surface area contributed by atoms with Gasteiger partial charge in [0, 0.05) is 22.5 Å². The van der Waals surface area contributed by atoms with Crippen molar-refractivity contribution in [2.24, 2.45) is 0 Å². The number of hydrogen-bond acceptors (Lipinski definition) is 4. The molecular formula is C11H10N2O2S2. The van der Waals surface area contributed by atoms with E-state index in [1.54, 1.807) is 16.2 Å². The molecule has 1 fully saturated rings. The van der Waals surface area contributed by atoms with E-state index >= 15 is 0 Å². The van der Waals surface area contributed by atoms with Crippen molar-refractivity contribution in [3.8, 4) is 0 Å². The summed E-state index contributed by atoms with van der Waals surface area (Å²) in [6, 6.07) is 3.93. The van der Waals surface area contributed by atoms with Crippen LogP contribution in [0.1, 0.15) is 9.67 Å². The molecule has 0 saturated carbocycles. The highest BCUT2D eigenvalue weighted by Crippen LogP contribution is 2.30. The standard InChI is InChI=1S/C11H10N2O2S2/c14-10-6-13(3-2-12-10)11(15)9-5-8-7(17-9)1-4-16-8/h1,4-5H,2-3,6H2,(H,12,14). The molecule has 2 amide bonds. The maximum atomic E-state index is 12.2. The van der Waals surface area contributed by atoms with Gasteiger partial charge in [-0.3, -0.25) is 9.59 Å². The van der Waals surface area contributed by atoms with E-state index in [0.717, 1.165) is 14.3 Å². The van der Waals surface area contributed by atoms with Gasteiger partial charge in [0.2, 0.25) is 5.91 Å². The number of rotatable bonds is 1. The number of nitrogens with one attached hydrogen (secondary N) is 1. The summed E-state index contributed by atoms with van der Waals surface area (Å²) in [4.78, 5) is 25.7. The number of amides is 2. The van der Waals surface area contributed by atoms with Crippen molar-refractivity contribution in [2.75, 3.05) is 19.6 Å². The summed E-state index contributed by atoms with van der Waals surface area (Å²) in [7, 11) is 0. The van der Waals surface area contributed by atoms with Gasteiger partial charge in [0.25, 0.3) is 5.91 Å². The van der Waals surface area contributed by atoms with Crippen LogP contribution >= 0.6 is 22.7 Å². The van der Waals surface area contributed by atoms with Crippen LogP contribution in [0.25, 0.3) is 9.40 Å². The van der Waals surface area contributed by atoms with E-state index in [2.05, 4.69) is 5.32 Å². The van der Waals surface area contributed by atoms with Crippen LogP contribution in [-0.2, 0) is 4.79 Å². The second-order valence-corrected chi connectivity index (χ2v) is 5.87. The van der Waals surface area contributed by atoms with E-state index in [-0.39, 0.29) is 18.4 Å². The lowest BCUT2D eigenvalue weighted by atomic mass is 10.3. The largest absolute Gasteiger partial charge is 0.353 e. The van der Waals surface area contributed by atoms with Crippen molar-refractivity contribution < 1.29 is 9.59 Å². The fourth-order valence-corrected chi connectivity index (χ4v) is 3.92. The van der Waals surface area contributed by atoms with Crippen LogP contribution in [0.2, 0.25) is 0 Å². The van der Waals surface area contributed by atoms with Crippen LogP contribution in [0.15, 0.2) is 17.5 Å². The summed E-state index contributed by atoms with van der Waals surface area (Å²) in [5, 5.41) is 4.73. The van der Waals surface area contributed by atoms with E-state index in [1.165, 1.54) is 11.3 Å². The molecule has 1 saturated heterocycles. The maximum absolute atomic E-state index is 12.2. The highest BCUT2D eigenvalue weighted by Gasteiger charge is 2.23. The molecule has 2 aromatic rings. The Morgan fingerprint density at radius 2 is 2.29 bits per heavy atom. The molecule has 0 aliphatic carbocycles. The van der Waals surface area contributed by atoms with Gasteiger partial charge >= 0.3 is 0 Å². The number of carbonyl (C=O) groups is 2. The molecule has 17 heavy (non-hydrogen) atoms. The minimum Gasteiger partial charge on any atom is -0.353 e. The van der Waals surface area contributed by atoms with Crippen molar-refractivity contribution in [1.82, 2.24) is 10.2 Å². The number of nitrogens with zero attached hydrogens (tertiary/aromatic N) is 1. The molecule has 0 aromatic carbocycles. The molecule has 1 N–H and O–H groups in total. The maximum Gasteiger partial charge on any atom is 0.264 e. The Morgan fingerprint density at radius 1 is 1.41 bits per heavy atom. The predicted octanol–water partition coefficient (Wildman–Crippen LogP) is 1.53. The van der Waals surface area contributed by atoms with Crippen molar-refractivity contribution in [3.63, 3.8) is 0 Å². The molecule has 0 unspecified atom stereocenters. The summed E-state index contributed by atoms with van der Waals surface area (Å²) < 4.78 is 2.28. The average molecular weight is 266 g/mol. The lowest BCUT2D eigenvalue weighted by Crippen LogP contribution is -2.49. The zero-order valence-corrected chi connectivity index (χ0v) is 10.6. The summed E-state index contributed by atoms with van der Waals surface area (Å²) in [6.45, 7) is 1.31. The highest BCUT2D eigenvalue weighted by atomic mass is 32.1. The first kappa shape index (κ1) is 10.7. The normalized spacial score (nSPS) is 16.2. The third-order valence-corrected chi connectivity index (χ3v) is 4.76. The summed E-state index contributed by atoms with van der Waals surface area (Å²) in [6.07, 6.45) is 0. The van der Waals surface area contributed by atoms with Gasteiger partial charge in [-0.15, -0.1) is 22.7 Å². The van der Waals surface area contributed by atoms with E-state index in [9.17, 15) is 9.59 Å². The van der Waals surface area contributed by atoms with Gasteiger partial charge in [-0.2, -0.15) is 0 Å². The van der Waals surface area contributed by atoms with Gasteiger partial charge in [-0.25, -0.2) is 0 Å². The Bertz CT molecular complexity index is 559. The topological polar surface area (TPSA) is 49.4 Å². The van der Waals surface area contributed by atoms with Crippen LogP contribution in [0.3, 0.4) is 0 Å². The minimum atomic E-state index is -0.0806. The molecule has 4 nitrogen and oxygen atoms in total. The first-order chi connectivity index (χ1) is 8.24. The van der Waals surface area contributed by atoms with Gasteiger partial charge in [-0.1, -0.05) is 0 Å². The van der Waals surface area contributed by atoms with Gasteiger partial charge in [0.05, 0.1) is 11.4 Å². The fourth-order valence-electron chi connectivity index (χ4n) is 1.84. The van der Waals surface area contributed by atoms with Gasteiger partial charge < -0.3 is 10.2 Å². The Labute approximate surface area is 106 Å². The first-order valence-electron chi connectivity index (χ1n) is 5.27. The fraction of sp³-hybridized carbons (Fsp3) is 0.273. The van der Waals surface area contributed by atoms with Crippen LogP contribution in [-0.4, -0.2) is 36.3 Å². The van der Waals surface area contributed by atoms with Crippen molar-refractivity contribution in [2.45, 2.75) is 0 Å². The SMILES string of the molecule is O=C1CN(C(=O)c2cc3sccc3s2)CCN1. The predicted molar refractivity (Wildman–Crippen MR) is 68.6 cm³/mol. The first-order valence-corrected chi connectivity index (χ1v) is 6.97. The Morgan fingerprint density at radius 3 is 3.06 bits per heavy atom. The zero-order chi connectivity index (χ0) is 11.8. The second-order valence-electron chi connectivity index (χ2n) is 3.84. The van der Waals surface area contributed by atoms with Crippen LogP contribution in [0.4, 0.5) is 0 Å². The number of piperazine rings is 1. The monoisotopic (exact) mass is 266 g/mol. The molecule has 0 atom stereocenters. The molecule has 0 spiro atoms. The Balaban J connectivity index is 1.86. The van der Waals surface area contributed by atoms with Crippen LogP contribution < -0.4 is 5.32 Å². The molecule has 1 aliphatic rings. The van der Waals surface area contributed by atoms with Crippen LogP contribution in [0, 0.1) is 0 Å². The molecule has 0 radical (unpaired) electrons. The van der Waals surface area contributed by atoms with E-state index in [1.807, 2.05) is 17.5 Å². The molecule has 88 valence electrons. The molecule has 3 heterocycles. The lowest BCUT2D eigenvalue weighted by Gasteiger charge is -2.26. The summed E-state index contributed by atoms with van der Waals surface area (Å²) in [5.41, 5.74) is 0. The van der Waals surface area contributed by atoms with E-state index < -0.39 is 0 Å². The van der Waals surface area contributed by atoms with E-state index in [0.29, 0.717) is 13.1 Å². The number of hydrogen-bond donors (Lipinski definition) is 1. The van der Waals surface area contributed by atoms with Crippen molar-refractivity contribution >= 4 is 43.9 Å². The Kier molecular flexibility index (Phi) is 2.60. The molecular weight excluding hydrogens is 256 g/mol. The third-order valence-electron chi connectivity index (χ3n) is 2.68. The zero-order valence-electron chi connectivity index (χ0n) is 8.93. The van der Waals surface area contributed by atoms with E-state index in [4.69, 9.17) is 0 Å². The smallest absolute Gasteiger partial charge is 0.264 e. The molecule has 1 aliphatic heterocycles. The molecule has 0 bridgehead atoms. The summed E-state index contributed by atoms with van der Waals surface area (Å²) >= 11 is 3.13. The number of carbonyl (C=O) groups excluding carboxylic acids is 2. The van der Waals surface area contributed by atoms with Crippen molar-refractivity contribution in [3.05, 3.63) is 22.4 Å². The number of thiophene rings is 2. The second kappa shape index (κ2) is 4.12. The molecule has 3 rings (SSSR count). The average Bonchev–Trinajstić information content (AvgIpc) is 2.88. The van der Waals surface area contributed by atoms with Crippen LogP contribution in [0.5, 0.6) is 0 Å². The molecule has 6 heteroatoms. The number of fused-ring (bicyclic) bond motifs is 1. The van der Waals surface area contributed by atoms with Gasteiger partial charge in [0.1, 0.15) is 0 Å². The highest BCUT2D eigenvalue weighted by molar-refractivity contribution is 7.27. The quantitative estimate of drug-likeness (QED) is 0.851.